The largest absolute Gasteiger partial charge is 0.378 e. The first-order chi connectivity index (χ1) is 14.4. The average Bonchev–Trinajstić information content (AvgIpc) is 3.12. The molecule has 2 aromatic carbocycles. The molecule has 6 nitrogen and oxygen atoms in total. The Kier molecular flexibility index (Phi) is 7.41. The van der Waals surface area contributed by atoms with E-state index in [1.54, 1.807) is 0 Å². The molecular weight excluding hydrogens is 396 g/mol. The van der Waals surface area contributed by atoms with Crippen LogP contribution < -0.4 is 15.5 Å². The Bertz CT molecular complexity index is 1010. The predicted molar refractivity (Wildman–Crippen MR) is 124 cm³/mol. The van der Waals surface area contributed by atoms with E-state index in [4.69, 9.17) is 0 Å². The second-order valence-electron chi connectivity index (χ2n) is 7.46. The number of aromatic nitrogens is 1. The highest BCUT2D eigenvalue weighted by atomic mass is 32.1. The maximum absolute atomic E-state index is 12.2. The van der Waals surface area contributed by atoms with Gasteiger partial charge in [0, 0.05) is 39.2 Å². The molecule has 0 fully saturated rings. The molecule has 0 aliphatic rings. The number of thiazole rings is 1. The summed E-state index contributed by atoms with van der Waals surface area (Å²) in [5.41, 5.74) is 4.17. The van der Waals surface area contributed by atoms with Gasteiger partial charge in [-0.05, 0) is 48.2 Å². The van der Waals surface area contributed by atoms with Crippen molar-refractivity contribution in [3.63, 3.8) is 0 Å². The van der Waals surface area contributed by atoms with E-state index in [9.17, 15) is 9.59 Å². The number of carbonyl (C=O) groups is 2. The van der Waals surface area contributed by atoms with Gasteiger partial charge in [0.25, 0.3) is 0 Å². The minimum atomic E-state index is -0.00944. The van der Waals surface area contributed by atoms with Crippen LogP contribution in [0, 0.1) is 0 Å². The molecule has 0 aliphatic heterocycles. The molecule has 2 amide bonds. The Morgan fingerprint density at radius 1 is 1.00 bits per heavy atom. The lowest BCUT2D eigenvalue weighted by Gasteiger charge is -2.13. The van der Waals surface area contributed by atoms with Gasteiger partial charge in [0.15, 0.2) is 5.13 Å². The summed E-state index contributed by atoms with van der Waals surface area (Å²) in [4.78, 5) is 30.5. The van der Waals surface area contributed by atoms with E-state index in [0.29, 0.717) is 30.9 Å². The normalized spacial score (nSPS) is 10.8. The number of amides is 2. The summed E-state index contributed by atoms with van der Waals surface area (Å²) < 4.78 is 1.01. The van der Waals surface area contributed by atoms with Gasteiger partial charge in [-0.25, -0.2) is 4.98 Å². The van der Waals surface area contributed by atoms with Crippen molar-refractivity contribution in [1.82, 2.24) is 10.3 Å². The standard InChI is InChI=1S/C23H28N4O2S/c1-4-5-22(29)26-23-25-19-12-8-16(14-20(19)30-23)9-13-21(28)24-15-17-6-10-18(11-7-17)27(2)3/h6-8,10-12,14H,4-5,9,13,15H2,1-3H3,(H,24,28)(H,25,26,29). The van der Waals surface area contributed by atoms with Crippen LogP contribution in [0.3, 0.4) is 0 Å². The van der Waals surface area contributed by atoms with Crippen LogP contribution in [0.1, 0.15) is 37.3 Å². The fourth-order valence-electron chi connectivity index (χ4n) is 3.05. The van der Waals surface area contributed by atoms with Crippen LogP contribution in [0.25, 0.3) is 10.2 Å². The molecule has 0 unspecified atom stereocenters. The van der Waals surface area contributed by atoms with E-state index < -0.39 is 0 Å². The van der Waals surface area contributed by atoms with Crippen molar-refractivity contribution in [3.8, 4) is 0 Å². The van der Waals surface area contributed by atoms with E-state index in [1.165, 1.54) is 11.3 Å². The lowest BCUT2D eigenvalue weighted by Crippen LogP contribution is -2.23. The van der Waals surface area contributed by atoms with Crippen molar-refractivity contribution in [2.45, 2.75) is 39.2 Å². The Balaban J connectivity index is 1.50. The summed E-state index contributed by atoms with van der Waals surface area (Å²) in [5.74, 6) is 0.0217. The molecule has 3 aromatic rings. The van der Waals surface area contributed by atoms with Crippen molar-refractivity contribution >= 4 is 44.2 Å². The zero-order valence-electron chi connectivity index (χ0n) is 17.7. The number of hydrogen-bond acceptors (Lipinski definition) is 5. The molecule has 2 N–H and O–H groups in total. The van der Waals surface area contributed by atoms with Crippen LogP contribution >= 0.6 is 11.3 Å². The second-order valence-corrected chi connectivity index (χ2v) is 8.49. The van der Waals surface area contributed by atoms with Crippen LogP contribution in [0.5, 0.6) is 0 Å². The number of nitrogens with zero attached hydrogens (tertiary/aromatic N) is 2. The number of aryl methyl sites for hydroxylation is 1. The molecule has 0 atom stereocenters. The van der Waals surface area contributed by atoms with Gasteiger partial charge in [-0.2, -0.15) is 0 Å². The lowest BCUT2D eigenvalue weighted by molar-refractivity contribution is -0.121. The van der Waals surface area contributed by atoms with Gasteiger partial charge in [0.2, 0.25) is 11.8 Å². The topological polar surface area (TPSA) is 74.3 Å². The summed E-state index contributed by atoms with van der Waals surface area (Å²) >= 11 is 1.46. The molecule has 0 spiro atoms. The molecule has 0 bridgehead atoms. The zero-order chi connectivity index (χ0) is 21.5. The molecule has 0 aliphatic carbocycles. The molecule has 30 heavy (non-hydrogen) atoms. The number of rotatable bonds is 9. The van der Waals surface area contributed by atoms with Gasteiger partial charge >= 0.3 is 0 Å². The molecule has 1 heterocycles. The minimum Gasteiger partial charge on any atom is -0.378 e. The Morgan fingerprint density at radius 3 is 2.43 bits per heavy atom. The summed E-state index contributed by atoms with van der Waals surface area (Å²) in [6, 6.07) is 14.1. The average molecular weight is 425 g/mol. The highest BCUT2D eigenvalue weighted by molar-refractivity contribution is 7.22. The number of anilines is 2. The molecule has 3 rings (SSSR count). The number of carbonyl (C=O) groups excluding carboxylic acids is 2. The van der Waals surface area contributed by atoms with Crippen molar-refractivity contribution in [1.29, 1.82) is 0 Å². The molecular formula is C23H28N4O2S. The monoisotopic (exact) mass is 424 g/mol. The Labute approximate surface area is 181 Å². The third-order valence-electron chi connectivity index (χ3n) is 4.76. The van der Waals surface area contributed by atoms with Crippen molar-refractivity contribution in [3.05, 3.63) is 53.6 Å². The highest BCUT2D eigenvalue weighted by Crippen LogP contribution is 2.27. The second kappa shape index (κ2) is 10.2. The number of fused-ring (bicyclic) bond motifs is 1. The van der Waals surface area contributed by atoms with Gasteiger partial charge in [-0.15, -0.1) is 0 Å². The Hall–Kier alpha value is -2.93. The Morgan fingerprint density at radius 2 is 1.73 bits per heavy atom. The first kappa shape index (κ1) is 21.8. The third-order valence-corrected chi connectivity index (χ3v) is 5.69. The highest BCUT2D eigenvalue weighted by Gasteiger charge is 2.09. The zero-order valence-corrected chi connectivity index (χ0v) is 18.5. The minimum absolute atomic E-state index is 0.00944. The summed E-state index contributed by atoms with van der Waals surface area (Å²) in [7, 11) is 4.01. The van der Waals surface area contributed by atoms with Crippen molar-refractivity contribution in [2.24, 2.45) is 0 Å². The van der Waals surface area contributed by atoms with E-state index in [1.807, 2.05) is 62.3 Å². The van der Waals surface area contributed by atoms with Gasteiger partial charge < -0.3 is 15.5 Å². The predicted octanol–water partition coefficient (Wildman–Crippen LogP) is 4.35. The summed E-state index contributed by atoms with van der Waals surface area (Å²) in [6.45, 7) is 2.50. The number of benzene rings is 2. The van der Waals surface area contributed by atoms with Crippen LogP contribution in [0.4, 0.5) is 10.8 Å². The third kappa shape index (κ3) is 6.03. The van der Waals surface area contributed by atoms with Crippen LogP contribution in [-0.4, -0.2) is 30.9 Å². The number of hydrogen-bond donors (Lipinski definition) is 2. The first-order valence-electron chi connectivity index (χ1n) is 10.2. The quantitative estimate of drug-likeness (QED) is 0.536. The van der Waals surface area contributed by atoms with Crippen LogP contribution in [0.15, 0.2) is 42.5 Å². The van der Waals surface area contributed by atoms with E-state index in [0.717, 1.165) is 33.5 Å². The fraction of sp³-hybridized carbons (Fsp3) is 0.348. The van der Waals surface area contributed by atoms with Gasteiger partial charge in [0.05, 0.1) is 10.2 Å². The molecule has 158 valence electrons. The molecule has 0 radical (unpaired) electrons. The van der Waals surface area contributed by atoms with Crippen LogP contribution in [-0.2, 0) is 22.6 Å². The lowest BCUT2D eigenvalue weighted by atomic mass is 10.1. The smallest absolute Gasteiger partial charge is 0.226 e. The first-order valence-corrected chi connectivity index (χ1v) is 11.0. The van der Waals surface area contributed by atoms with Gasteiger partial charge in [0.1, 0.15) is 0 Å². The maximum Gasteiger partial charge on any atom is 0.226 e. The van der Waals surface area contributed by atoms with Crippen molar-refractivity contribution in [2.75, 3.05) is 24.3 Å². The summed E-state index contributed by atoms with van der Waals surface area (Å²) in [5, 5.41) is 6.45. The van der Waals surface area contributed by atoms with Crippen molar-refractivity contribution < 1.29 is 9.59 Å². The summed E-state index contributed by atoms with van der Waals surface area (Å²) in [6.07, 6.45) is 2.40. The SMILES string of the molecule is CCCC(=O)Nc1nc2ccc(CCC(=O)NCc3ccc(N(C)C)cc3)cc2s1. The fourth-order valence-corrected chi connectivity index (χ4v) is 3.99. The molecule has 0 saturated heterocycles. The molecule has 1 aromatic heterocycles. The van der Waals surface area contributed by atoms with Crippen LogP contribution in [0.2, 0.25) is 0 Å². The maximum atomic E-state index is 12.2. The van der Waals surface area contributed by atoms with Gasteiger partial charge in [-0.3, -0.25) is 9.59 Å². The molecule has 7 heteroatoms. The van der Waals surface area contributed by atoms with Gasteiger partial charge in [-0.1, -0.05) is 36.5 Å². The number of nitrogens with one attached hydrogen (secondary N) is 2. The van der Waals surface area contributed by atoms with E-state index >= 15 is 0 Å². The molecule has 0 saturated carbocycles. The van der Waals surface area contributed by atoms with E-state index in [-0.39, 0.29) is 11.8 Å². The van der Waals surface area contributed by atoms with E-state index in [2.05, 4.69) is 21.7 Å².